The number of fused-ring (bicyclic) bond motifs is 2. The first-order valence-corrected chi connectivity index (χ1v) is 12.3. The number of amides is 1. The summed E-state index contributed by atoms with van der Waals surface area (Å²) in [7, 11) is -3.61. The molecule has 6 nitrogen and oxygen atoms in total. The van der Waals surface area contributed by atoms with Crippen molar-refractivity contribution in [3.63, 3.8) is 0 Å². The van der Waals surface area contributed by atoms with Gasteiger partial charge in [-0.15, -0.1) is 4.72 Å². The third-order valence-corrected chi connectivity index (χ3v) is 5.89. The summed E-state index contributed by atoms with van der Waals surface area (Å²) in [4.78, 5) is 15.3. The van der Waals surface area contributed by atoms with Gasteiger partial charge in [0, 0.05) is 16.3 Å². The molecule has 10 heteroatoms. The molecule has 0 saturated heterocycles. The fourth-order valence-electron chi connectivity index (χ4n) is 3.86. The van der Waals surface area contributed by atoms with Crippen LogP contribution in [-0.4, -0.2) is 28.3 Å². The summed E-state index contributed by atoms with van der Waals surface area (Å²) in [5, 5.41) is 2.42. The van der Waals surface area contributed by atoms with Gasteiger partial charge in [-0.25, -0.2) is 0 Å². The third kappa shape index (κ3) is 5.23. The molecule has 1 atom stereocenters. The van der Waals surface area contributed by atoms with Crippen LogP contribution < -0.4 is 9.46 Å². The molecule has 1 amide bonds. The first kappa shape index (κ1) is 23.8. The number of carbonyl (C=O) groups excluding carboxylic acids is 1. The number of nitrogens with one attached hydrogen (secondary N) is 2. The normalized spacial score (nSPS) is 13.7. The van der Waals surface area contributed by atoms with E-state index in [-0.39, 0.29) is 11.2 Å². The van der Waals surface area contributed by atoms with Crippen LogP contribution in [0.3, 0.4) is 0 Å². The van der Waals surface area contributed by atoms with Gasteiger partial charge in [0.2, 0.25) is 0 Å². The Labute approximate surface area is 194 Å². The summed E-state index contributed by atoms with van der Waals surface area (Å²) in [6, 6.07) is 16.6. The summed E-state index contributed by atoms with van der Waals surface area (Å²) in [6.45, 7) is 0.299. The number of hydrogen-bond acceptors (Lipinski definition) is 3. The van der Waals surface area contributed by atoms with Gasteiger partial charge in [-0.2, -0.15) is 17.7 Å². The second kappa shape index (κ2) is 9.11. The third-order valence-electron chi connectivity index (χ3n) is 5.32. The monoisotopic (exact) mass is 491 g/mol. The number of benzene rings is 3. The summed E-state index contributed by atoms with van der Waals surface area (Å²) in [5.41, 5.74) is -0.347. The van der Waals surface area contributed by atoms with Gasteiger partial charge in [0.1, 0.15) is 11.4 Å². The average molecular weight is 492 g/mol. The van der Waals surface area contributed by atoms with E-state index in [1.54, 1.807) is 0 Å². The Morgan fingerprint density at radius 1 is 1.09 bits per heavy atom. The van der Waals surface area contributed by atoms with Crippen molar-refractivity contribution in [1.82, 2.24) is 9.71 Å². The van der Waals surface area contributed by atoms with E-state index in [9.17, 15) is 26.7 Å². The molecule has 1 aromatic heterocycles. The largest absolute Gasteiger partial charge is 0.493 e. The minimum absolute atomic E-state index is 0.0527. The second-order valence-corrected chi connectivity index (χ2v) is 9.71. The Bertz CT molecular complexity index is 1400. The Balaban J connectivity index is 1.58. The van der Waals surface area contributed by atoms with Crippen molar-refractivity contribution in [2.45, 2.75) is 19.0 Å². The van der Waals surface area contributed by atoms with Crippen LogP contribution in [0.15, 0.2) is 60.7 Å². The molecule has 0 aliphatic carbocycles. The Morgan fingerprint density at radius 2 is 1.82 bits per heavy atom. The van der Waals surface area contributed by atoms with Gasteiger partial charge in [-0.1, -0.05) is 42.5 Å². The standard InChI is InChI=1S/C24H21F3N2O4S/c1-34(31,32)29-23(30)22-19(18-12-11-16(24(25,26)27)14-20(18)28-22)9-5-13-33-21-10-4-7-15-6-2-3-8-17(15)21/h2-4,6-8,10-12,14H,5,9,13H2,1H3,(H2-,28,29,30,31,32)/p+1. The number of aryl methyl sites for hydroxylation is 1. The van der Waals surface area contributed by atoms with Crippen LogP contribution in [0.1, 0.15) is 28.0 Å². The lowest BCUT2D eigenvalue weighted by Crippen LogP contribution is -2.34. The van der Waals surface area contributed by atoms with Crippen LogP contribution in [0.5, 0.6) is 5.75 Å². The van der Waals surface area contributed by atoms with Gasteiger partial charge >= 0.3 is 22.5 Å². The molecule has 0 aliphatic rings. The van der Waals surface area contributed by atoms with E-state index >= 15 is 0 Å². The Hall–Kier alpha value is -3.37. The summed E-state index contributed by atoms with van der Waals surface area (Å²) < 4.78 is 68.5. The maximum Gasteiger partial charge on any atom is 0.416 e. The van der Waals surface area contributed by atoms with Crippen molar-refractivity contribution in [3.05, 3.63) is 77.5 Å². The minimum atomic E-state index is -4.54. The van der Waals surface area contributed by atoms with Crippen molar-refractivity contribution >= 4 is 38.0 Å². The quantitative estimate of drug-likeness (QED) is 0.232. The topological polar surface area (TPSA) is 91.4 Å². The molecule has 1 unspecified atom stereocenters. The summed E-state index contributed by atoms with van der Waals surface area (Å²) in [6.07, 6.45) is -2.85. The van der Waals surface area contributed by atoms with Gasteiger partial charge in [0.25, 0.3) is 0 Å². The van der Waals surface area contributed by atoms with Crippen LogP contribution in [-0.2, 0) is 27.2 Å². The molecule has 0 spiro atoms. The van der Waals surface area contributed by atoms with E-state index in [2.05, 4.69) is 4.98 Å². The van der Waals surface area contributed by atoms with Crippen molar-refractivity contribution in [3.8, 4) is 5.75 Å². The minimum Gasteiger partial charge on any atom is -0.493 e. The van der Waals surface area contributed by atoms with Gasteiger partial charge in [0.05, 0.1) is 12.2 Å². The maximum atomic E-state index is 13.1. The molecule has 4 rings (SSSR count). The van der Waals surface area contributed by atoms with E-state index in [0.717, 1.165) is 29.2 Å². The van der Waals surface area contributed by atoms with Crippen molar-refractivity contribution in [1.29, 1.82) is 0 Å². The second-order valence-electron chi connectivity index (χ2n) is 7.90. The Kier molecular flexibility index (Phi) is 6.37. The predicted molar refractivity (Wildman–Crippen MR) is 125 cm³/mol. The number of ether oxygens (including phenoxy) is 1. The van der Waals surface area contributed by atoms with Gasteiger partial charge < -0.3 is 9.72 Å². The first-order chi connectivity index (χ1) is 16.0. The fourth-order valence-corrected chi connectivity index (χ4v) is 4.31. The number of carbonyl (C=O) groups is 1. The lowest BCUT2D eigenvalue weighted by Gasteiger charge is -2.10. The summed E-state index contributed by atoms with van der Waals surface area (Å²) >= 11 is 0. The van der Waals surface area contributed by atoms with Gasteiger partial charge in [0.15, 0.2) is 6.26 Å². The van der Waals surface area contributed by atoms with Crippen molar-refractivity contribution in [2.75, 3.05) is 12.9 Å². The lowest BCUT2D eigenvalue weighted by molar-refractivity contribution is -0.137. The number of aromatic nitrogens is 1. The number of hydrogen-bond donors (Lipinski definition) is 3. The molecule has 0 radical (unpaired) electrons. The molecule has 0 aliphatic heterocycles. The molecule has 178 valence electrons. The van der Waals surface area contributed by atoms with Crippen LogP contribution >= 0.6 is 0 Å². The van der Waals surface area contributed by atoms with E-state index in [4.69, 9.17) is 4.74 Å². The first-order valence-electron chi connectivity index (χ1n) is 10.4. The fraction of sp³-hybridized carbons (Fsp3) is 0.208. The zero-order valence-corrected chi connectivity index (χ0v) is 18.9. The molecule has 3 N–H and O–H groups in total. The van der Waals surface area contributed by atoms with Crippen LogP contribution in [0.2, 0.25) is 0 Å². The van der Waals surface area contributed by atoms with E-state index in [0.29, 0.717) is 36.1 Å². The molecule has 0 bridgehead atoms. The van der Waals surface area contributed by atoms with Crippen LogP contribution in [0.4, 0.5) is 13.2 Å². The van der Waals surface area contributed by atoms with Gasteiger partial charge in [-0.3, -0.25) is 4.79 Å². The molecule has 34 heavy (non-hydrogen) atoms. The molecule has 4 aromatic rings. The highest BCUT2D eigenvalue weighted by Crippen LogP contribution is 2.33. The van der Waals surface area contributed by atoms with E-state index in [1.807, 2.05) is 47.2 Å². The van der Waals surface area contributed by atoms with Crippen LogP contribution in [0, 0.1) is 0 Å². The summed E-state index contributed by atoms with van der Waals surface area (Å²) in [5.74, 6) is -0.166. The van der Waals surface area contributed by atoms with Crippen LogP contribution in [0.25, 0.3) is 21.7 Å². The van der Waals surface area contributed by atoms with E-state index < -0.39 is 28.0 Å². The highest BCUT2D eigenvalue weighted by atomic mass is 32.3. The smallest absolute Gasteiger partial charge is 0.416 e. The molecule has 0 fully saturated rings. The molecular weight excluding hydrogens is 469 g/mol. The maximum absolute atomic E-state index is 13.1. The molecular formula is C24H22F3N2O4S+. The zero-order chi connectivity index (χ0) is 24.5. The van der Waals surface area contributed by atoms with Crippen molar-refractivity contribution in [2.24, 2.45) is 0 Å². The Morgan fingerprint density at radius 3 is 2.56 bits per heavy atom. The molecule has 1 heterocycles. The van der Waals surface area contributed by atoms with Gasteiger partial charge in [-0.05, 0) is 46.2 Å². The highest BCUT2D eigenvalue weighted by Gasteiger charge is 2.32. The predicted octanol–water partition coefficient (Wildman–Crippen LogP) is 5.60. The lowest BCUT2D eigenvalue weighted by atomic mass is 10.0. The number of alkyl halides is 3. The van der Waals surface area contributed by atoms with E-state index in [1.165, 1.54) is 6.07 Å². The molecule has 0 saturated carbocycles. The zero-order valence-electron chi connectivity index (χ0n) is 18.1. The highest BCUT2D eigenvalue weighted by molar-refractivity contribution is 7.95. The molecule has 3 aromatic carbocycles. The number of aromatic amines is 1. The SMILES string of the molecule is C[S+](=O)(O)NC(=O)c1[nH]c2cc(C(F)(F)F)ccc2c1CCCOc1cccc2ccccc12. The number of halogens is 3. The number of rotatable bonds is 7. The van der Waals surface area contributed by atoms with Crippen molar-refractivity contribution < 1.29 is 31.5 Å². The number of H-pyrrole nitrogens is 1. The average Bonchev–Trinajstić information content (AvgIpc) is 3.13.